The van der Waals surface area contributed by atoms with E-state index in [1.54, 1.807) is 0 Å². The van der Waals surface area contributed by atoms with Gasteiger partial charge in [0.2, 0.25) is 0 Å². The van der Waals surface area contributed by atoms with E-state index in [1.165, 1.54) is 25.8 Å². The number of nitrogens with two attached hydrogens (primary N) is 2. The zero-order chi connectivity index (χ0) is 12.5. The van der Waals surface area contributed by atoms with Gasteiger partial charge < -0.3 is 16.4 Å². The fraction of sp³-hybridized carbons (Fsp3) is 0.615. The maximum Gasteiger partial charge on any atom is 0.149 e. The highest BCUT2D eigenvalue weighted by Gasteiger charge is 2.29. The van der Waals surface area contributed by atoms with E-state index in [4.69, 9.17) is 11.5 Å². The molecule has 2 aliphatic heterocycles. The average molecular weight is 247 g/mol. The standard InChI is InChI=1S/C13H21N5/c14-11-4-5-12(16-13(11)15)18-8-7-17-6-2-1-3-10(17)9-18/h4-5,10H,1-3,6-9,14H2,(H2,15,16). The summed E-state index contributed by atoms with van der Waals surface area (Å²) in [5, 5.41) is 0. The Hall–Kier alpha value is -1.49. The van der Waals surface area contributed by atoms with Crippen LogP contribution in [0.2, 0.25) is 0 Å². The van der Waals surface area contributed by atoms with Gasteiger partial charge in [0.1, 0.15) is 11.6 Å². The molecule has 3 heterocycles. The highest BCUT2D eigenvalue weighted by atomic mass is 15.3. The number of hydrogen-bond donors (Lipinski definition) is 2. The third-order valence-corrected chi connectivity index (χ3v) is 4.10. The van der Waals surface area contributed by atoms with Crippen LogP contribution in [0.25, 0.3) is 0 Å². The van der Waals surface area contributed by atoms with Crippen LogP contribution in [-0.2, 0) is 0 Å². The maximum atomic E-state index is 5.79. The molecule has 0 amide bonds. The zero-order valence-electron chi connectivity index (χ0n) is 10.7. The molecule has 0 radical (unpaired) electrons. The highest BCUT2D eigenvalue weighted by Crippen LogP contribution is 2.25. The molecular weight excluding hydrogens is 226 g/mol. The van der Waals surface area contributed by atoms with Crippen molar-refractivity contribution in [3.05, 3.63) is 12.1 Å². The average Bonchev–Trinajstić information content (AvgIpc) is 2.41. The number of rotatable bonds is 1. The van der Waals surface area contributed by atoms with E-state index in [-0.39, 0.29) is 0 Å². The SMILES string of the molecule is Nc1ccc(N2CCN3CCCCC3C2)nc1N. The van der Waals surface area contributed by atoms with Crippen molar-refractivity contribution < 1.29 is 0 Å². The van der Waals surface area contributed by atoms with Crippen molar-refractivity contribution in [3.8, 4) is 0 Å². The van der Waals surface area contributed by atoms with Gasteiger partial charge in [0.05, 0.1) is 5.69 Å². The van der Waals surface area contributed by atoms with E-state index < -0.39 is 0 Å². The molecule has 0 bridgehead atoms. The summed E-state index contributed by atoms with van der Waals surface area (Å²) in [5.74, 6) is 1.41. The van der Waals surface area contributed by atoms with Crippen LogP contribution in [0.4, 0.5) is 17.3 Å². The van der Waals surface area contributed by atoms with Crippen LogP contribution in [-0.4, -0.2) is 42.1 Å². The summed E-state index contributed by atoms with van der Waals surface area (Å²) >= 11 is 0. The summed E-state index contributed by atoms with van der Waals surface area (Å²) in [4.78, 5) is 9.34. The van der Waals surface area contributed by atoms with Crippen LogP contribution >= 0.6 is 0 Å². The number of fused-ring (bicyclic) bond motifs is 1. The molecule has 1 aromatic heterocycles. The smallest absolute Gasteiger partial charge is 0.149 e. The molecule has 3 rings (SSSR count). The summed E-state index contributed by atoms with van der Waals surface area (Å²) in [7, 11) is 0. The summed E-state index contributed by atoms with van der Waals surface area (Å²) in [6, 6.07) is 4.52. The van der Waals surface area contributed by atoms with E-state index in [0.717, 1.165) is 25.5 Å². The van der Waals surface area contributed by atoms with Crippen molar-refractivity contribution in [2.45, 2.75) is 25.3 Å². The summed E-state index contributed by atoms with van der Waals surface area (Å²) < 4.78 is 0. The van der Waals surface area contributed by atoms with E-state index in [1.807, 2.05) is 12.1 Å². The van der Waals surface area contributed by atoms with E-state index in [9.17, 15) is 0 Å². The molecule has 98 valence electrons. The first kappa shape index (κ1) is 11.6. The van der Waals surface area contributed by atoms with E-state index >= 15 is 0 Å². The summed E-state index contributed by atoms with van der Waals surface area (Å²) in [5.41, 5.74) is 12.1. The van der Waals surface area contributed by atoms with Gasteiger partial charge in [-0.15, -0.1) is 0 Å². The molecular formula is C13H21N5. The number of piperidine rings is 1. The molecule has 0 aliphatic carbocycles. The van der Waals surface area contributed by atoms with Crippen LogP contribution in [0.1, 0.15) is 19.3 Å². The molecule has 2 fully saturated rings. The van der Waals surface area contributed by atoms with Gasteiger partial charge in [-0.3, -0.25) is 4.90 Å². The topological polar surface area (TPSA) is 71.4 Å². The first-order valence-corrected chi connectivity index (χ1v) is 6.75. The van der Waals surface area contributed by atoms with Gasteiger partial charge in [-0.25, -0.2) is 4.98 Å². The molecule has 1 aromatic rings. The Morgan fingerprint density at radius 3 is 2.83 bits per heavy atom. The predicted molar refractivity (Wildman–Crippen MR) is 74.5 cm³/mol. The predicted octanol–water partition coefficient (Wildman–Crippen LogP) is 0.920. The van der Waals surface area contributed by atoms with E-state index in [2.05, 4.69) is 14.8 Å². The molecule has 0 saturated carbocycles. The number of anilines is 3. The van der Waals surface area contributed by atoms with Crippen LogP contribution < -0.4 is 16.4 Å². The van der Waals surface area contributed by atoms with Crippen molar-refractivity contribution in [3.63, 3.8) is 0 Å². The molecule has 2 saturated heterocycles. The number of nitrogens with zero attached hydrogens (tertiary/aromatic N) is 3. The minimum absolute atomic E-state index is 0.443. The van der Waals surface area contributed by atoms with Gasteiger partial charge in [-0.05, 0) is 31.5 Å². The lowest BCUT2D eigenvalue weighted by molar-refractivity contribution is 0.133. The largest absolute Gasteiger partial charge is 0.396 e. The fourth-order valence-electron chi connectivity index (χ4n) is 3.02. The van der Waals surface area contributed by atoms with Crippen LogP contribution in [0.3, 0.4) is 0 Å². The van der Waals surface area contributed by atoms with Crippen LogP contribution in [0.5, 0.6) is 0 Å². The quantitative estimate of drug-likeness (QED) is 0.772. The monoisotopic (exact) mass is 247 g/mol. The first-order valence-electron chi connectivity index (χ1n) is 6.75. The summed E-state index contributed by atoms with van der Waals surface area (Å²) in [6.07, 6.45) is 4.01. The number of aromatic nitrogens is 1. The second-order valence-corrected chi connectivity index (χ2v) is 5.28. The van der Waals surface area contributed by atoms with Crippen molar-refractivity contribution >= 4 is 17.3 Å². The zero-order valence-corrected chi connectivity index (χ0v) is 10.7. The lowest BCUT2D eigenvalue weighted by Crippen LogP contribution is -2.55. The Labute approximate surface area is 108 Å². The van der Waals surface area contributed by atoms with Crippen LogP contribution in [0, 0.1) is 0 Å². The first-order chi connectivity index (χ1) is 8.74. The van der Waals surface area contributed by atoms with Gasteiger partial charge in [0.25, 0.3) is 0 Å². The van der Waals surface area contributed by atoms with Gasteiger partial charge in [0.15, 0.2) is 0 Å². The maximum absolute atomic E-state index is 5.79. The molecule has 1 atom stereocenters. The number of piperazine rings is 1. The summed E-state index contributed by atoms with van der Waals surface area (Å²) in [6.45, 7) is 4.50. The second kappa shape index (κ2) is 4.65. The fourth-order valence-corrected chi connectivity index (χ4v) is 3.02. The number of pyridine rings is 1. The molecule has 4 N–H and O–H groups in total. The Balaban J connectivity index is 1.75. The number of nitrogen functional groups attached to an aromatic ring is 2. The molecule has 18 heavy (non-hydrogen) atoms. The molecule has 0 aromatic carbocycles. The Morgan fingerprint density at radius 1 is 1.11 bits per heavy atom. The van der Waals surface area contributed by atoms with Crippen molar-refractivity contribution in [2.24, 2.45) is 0 Å². The highest BCUT2D eigenvalue weighted by molar-refractivity contribution is 5.62. The third-order valence-electron chi connectivity index (χ3n) is 4.10. The van der Waals surface area contributed by atoms with Crippen molar-refractivity contribution in [1.29, 1.82) is 0 Å². The molecule has 0 spiro atoms. The molecule has 1 unspecified atom stereocenters. The Bertz CT molecular complexity index is 433. The van der Waals surface area contributed by atoms with E-state index in [0.29, 0.717) is 17.5 Å². The van der Waals surface area contributed by atoms with Gasteiger partial charge in [-0.1, -0.05) is 6.42 Å². The van der Waals surface area contributed by atoms with Crippen LogP contribution in [0.15, 0.2) is 12.1 Å². The second-order valence-electron chi connectivity index (χ2n) is 5.28. The Morgan fingerprint density at radius 2 is 2.00 bits per heavy atom. The number of hydrogen-bond acceptors (Lipinski definition) is 5. The molecule has 5 nitrogen and oxygen atoms in total. The molecule has 2 aliphatic rings. The lowest BCUT2D eigenvalue weighted by atomic mass is 9.99. The Kier molecular flexibility index (Phi) is 2.99. The van der Waals surface area contributed by atoms with Crippen molar-refractivity contribution in [1.82, 2.24) is 9.88 Å². The van der Waals surface area contributed by atoms with Crippen molar-refractivity contribution in [2.75, 3.05) is 42.5 Å². The third kappa shape index (κ3) is 2.10. The molecule has 5 heteroatoms. The minimum atomic E-state index is 0.443. The lowest BCUT2D eigenvalue weighted by Gasteiger charge is -2.44. The van der Waals surface area contributed by atoms with Gasteiger partial charge >= 0.3 is 0 Å². The van der Waals surface area contributed by atoms with Gasteiger partial charge in [-0.2, -0.15) is 0 Å². The minimum Gasteiger partial charge on any atom is -0.396 e. The van der Waals surface area contributed by atoms with Gasteiger partial charge in [0, 0.05) is 25.7 Å². The normalized spacial score (nSPS) is 24.9.